The van der Waals surface area contributed by atoms with Crippen molar-refractivity contribution in [2.75, 3.05) is 0 Å². The number of rotatable bonds is 3. The van der Waals surface area contributed by atoms with Gasteiger partial charge in [0.2, 0.25) is 23.6 Å². The summed E-state index contributed by atoms with van der Waals surface area (Å²) in [5.74, 6) is -1.54. The standard InChI is InChI=1S/C16H23N3O4/c20-13-8-7-12(15(22)18-13)19-14(21)9-11(16(19)23)17-10-5-3-1-2-4-6-10/h10-12,17H,1-9H2,(H,18,20,22). The summed E-state index contributed by atoms with van der Waals surface area (Å²) < 4.78 is 0. The van der Waals surface area contributed by atoms with E-state index in [1.165, 1.54) is 12.8 Å². The number of carbonyl (C=O) groups excluding carboxylic acids is 4. The zero-order valence-electron chi connectivity index (χ0n) is 13.2. The predicted octanol–water partition coefficient (Wildman–Crippen LogP) is 0.232. The molecule has 126 valence electrons. The van der Waals surface area contributed by atoms with Crippen molar-refractivity contribution >= 4 is 23.6 Å². The van der Waals surface area contributed by atoms with Gasteiger partial charge in [-0.25, -0.2) is 0 Å². The van der Waals surface area contributed by atoms with Crippen LogP contribution in [-0.2, 0) is 19.2 Å². The second kappa shape index (κ2) is 6.78. The molecule has 7 nitrogen and oxygen atoms in total. The van der Waals surface area contributed by atoms with Crippen LogP contribution in [0.1, 0.15) is 57.8 Å². The second-order valence-corrected chi connectivity index (χ2v) is 6.68. The Balaban J connectivity index is 1.65. The van der Waals surface area contributed by atoms with Gasteiger partial charge >= 0.3 is 0 Å². The van der Waals surface area contributed by atoms with Gasteiger partial charge in [0.1, 0.15) is 6.04 Å². The molecule has 0 aromatic rings. The number of nitrogens with zero attached hydrogens (tertiary/aromatic N) is 1. The SMILES string of the molecule is O=C1CCC(N2C(=O)CC(NC3CCCCCC3)C2=O)C(=O)N1. The quantitative estimate of drug-likeness (QED) is 0.573. The van der Waals surface area contributed by atoms with Gasteiger partial charge in [-0.05, 0) is 19.3 Å². The Hall–Kier alpha value is -1.76. The van der Waals surface area contributed by atoms with Crippen LogP contribution in [0.25, 0.3) is 0 Å². The molecule has 3 rings (SSSR count). The monoisotopic (exact) mass is 321 g/mol. The van der Waals surface area contributed by atoms with Crippen LogP contribution >= 0.6 is 0 Å². The highest BCUT2D eigenvalue weighted by atomic mass is 16.2. The van der Waals surface area contributed by atoms with E-state index in [-0.39, 0.29) is 43.0 Å². The van der Waals surface area contributed by atoms with Crippen molar-refractivity contribution in [3.05, 3.63) is 0 Å². The van der Waals surface area contributed by atoms with Crippen LogP contribution in [0.15, 0.2) is 0 Å². The molecule has 0 radical (unpaired) electrons. The summed E-state index contributed by atoms with van der Waals surface area (Å²) in [6.07, 6.45) is 7.26. The average Bonchev–Trinajstić information content (AvgIpc) is 2.70. The van der Waals surface area contributed by atoms with Gasteiger partial charge in [-0.1, -0.05) is 25.7 Å². The molecule has 7 heteroatoms. The number of likely N-dealkylation sites (tertiary alicyclic amines) is 1. The first-order valence-corrected chi connectivity index (χ1v) is 8.52. The molecule has 2 heterocycles. The summed E-state index contributed by atoms with van der Waals surface area (Å²) in [4.78, 5) is 49.0. The first-order valence-electron chi connectivity index (χ1n) is 8.52. The van der Waals surface area contributed by atoms with Crippen LogP contribution in [-0.4, -0.2) is 46.7 Å². The first-order chi connectivity index (χ1) is 11.1. The van der Waals surface area contributed by atoms with Crippen molar-refractivity contribution in [2.24, 2.45) is 0 Å². The van der Waals surface area contributed by atoms with Gasteiger partial charge in [-0.15, -0.1) is 0 Å². The van der Waals surface area contributed by atoms with E-state index in [9.17, 15) is 19.2 Å². The molecule has 23 heavy (non-hydrogen) atoms. The van der Waals surface area contributed by atoms with Crippen LogP contribution in [0.4, 0.5) is 0 Å². The van der Waals surface area contributed by atoms with Crippen LogP contribution in [0.2, 0.25) is 0 Å². The minimum absolute atomic E-state index is 0.104. The minimum Gasteiger partial charge on any atom is -0.303 e. The third kappa shape index (κ3) is 3.44. The first kappa shape index (κ1) is 16.1. The molecule has 1 aliphatic carbocycles. The van der Waals surface area contributed by atoms with E-state index in [4.69, 9.17) is 0 Å². The normalized spacial score (nSPS) is 30.5. The number of carbonyl (C=O) groups is 4. The molecular formula is C16H23N3O4. The van der Waals surface area contributed by atoms with Gasteiger partial charge in [-0.3, -0.25) is 29.4 Å². The molecule has 0 bridgehead atoms. The second-order valence-electron chi connectivity index (χ2n) is 6.68. The Bertz CT molecular complexity index is 525. The van der Waals surface area contributed by atoms with Gasteiger partial charge in [-0.2, -0.15) is 0 Å². The predicted molar refractivity (Wildman–Crippen MR) is 81.1 cm³/mol. The highest BCUT2D eigenvalue weighted by molar-refractivity contribution is 6.11. The van der Waals surface area contributed by atoms with Gasteiger partial charge < -0.3 is 5.32 Å². The average molecular weight is 321 g/mol. The molecule has 0 aromatic carbocycles. The Morgan fingerprint density at radius 3 is 2.30 bits per heavy atom. The Kier molecular flexibility index (Phi) is 4.75. The lowest BCUT2D eigenvalue weighted by Crippen LogP contribution is -2.55. The zero-order valence-corrected chi connectivity index (χ0v) is 13.2. The molecule has 3 fully saturated rings. The van der Waals surface area contributed by atoms with E-state index < -0.39 is 18.0 Å². The molecular weight excluding hydrogens is 298 g/mol. The maximum absolute atomic E-state index is 12.6. The fraction of sp³-hybridized carbons (Fsp3) is 0.750. The Morgan fingerprint density at radius 1 is 0.957 bits per heavy atom. The maximum atomic E-state index is 12.6. The molecule has 2 N–H and O–H groups in total. The van der Waals surface area contributed by atoms with Gasteiger partial charge in [0, 0.05) is 12.5 Å². The molecule has 4 amide bonds. The third-order valence-corrected chi connectivity index (χ3v) is 5.00. The van der Waals surface area contributed by atoms with Crippen LogP contribution in [0.3, 0.4) is 0 Å². The van der Waals surface area contributed by atoms with Crippen molar-refractivity contribution in [1.82, 2.24) is 15.5 Å². The van der Waals surface area contributed by atoms with Crippen LogP contribution in [0, 0.1) is 0 Å². The summed E-state index contributed by atoms with van der Waals surface area (Å²) in [6, 6.07) is -1.11. The van der Waals surface area contributed by atoms with Crippen molar-refractivity contribution < 1.29 is 19.2 Å². The molecule has 0 spiro atoms. The fourth-order valence-electron chi connectivity index (χ4n) is 3.77. The number of hydrogen-bond acceptors (Lipinski definition) is 5. The third-order valence-electron chi connectivity index (χ3n) is 5.00. The van der Waals surface area contributed by atoms with Crippen molar-refractivity contribution in [2.45, 2.75) is 75.9 Å². The highest BCUT2D eigenvalue weighted by Crippen LogP contribution is 2.24. The number of nitrogens with one attached hydrogen (secondary N) is 2. The highest BCUT2D eigenvalue weighted by Gasteiger charge is 2.46. The lowest BCUT2D eigenvalue weighted by Gasteiger charge is -2.28. The molecule has 1 saturated carbocycles. The van der Waals surface area contributed by atoms with E-state index in [0.717, 1.165) is 30.6 Å². The zero-order chi connectivity index (χ0) is 16.4. The Morgan fingerprint density at radius 2 is 1.65 bits per heavy atom. The lowest BCUT2D eigenvalue weighted by atomic mass is 10.0. The summed E-state index contributed by atoms with van der Waals surface area (Å²) in [5.41, 5.74) is 0. The molecule has 2 unspecified atom stereocenters. The molecule has 3 aliphatic rings. The van der Waals surface area contributed by atoms with Gasteiger partial charge in [0.15, 0.2) is 0 Å². The van der Waals surface area contributed by atoms with E-state index in [2.05, 4.69) is 10.6 Å². The number of piperidine rings is 1. The van der Waals surface area contributed by atoms with Gasteiger partial charge in [0.05, 0.1) is 12.5 Å². The largest absolute Gasteiger partial charge is 0.303 e. The maximum Gasteiger partial charge on any atom is 0.249 e. The molecule has 0 aromatic heterocycles. The fourth-order valence-corrected chi connectivity index (χ4v) is 3.77. The summed E-state index contributed by atoms with van der Waals surface area (Å²) in [5, 5.41) is 5.53. The van der Waals surface area contributed by atoms with Gasteiger partial charge in [0.25, 0.3) is 0 Å². The van der Waals surface area contributed by atoms with Crippen molar-refractivity contribution in [1.29, 1.82) is 0 Å². The molecule has 2 saturated heterocycles. The van der Waals surface area contributed by atoms with Crippen LogP contribution < -0.4 is 10.6 Å². The molecule has 2 atom stereocenters. The number of hydrogen-bond donors (Lipinski definition) is 2. The van der Waals surface area contributed by atoms with Crippen LogP contribution in [0.5, 0.6) is 0 Å². The summed E-state index contributed by atoms with van der Waals surface area (Å²) in [6.45, 7) is 0. The summed E-state index contributed by atoms with van der Waals surface area (Å²) >= 11 is 0. The molecule has 2 aliphatic heterocycles. The Labute approximate surface area is 135 Å². The van der Waals surface area contributed by atoms with E-state index >= 15 is 0 Å². The van der Waals surface area contributed by atoms with Crippen molar-refractivity contribution in [3.8, 4) is 0 Å². The minimum atomic E-state index is -0.839. The van der Waals surface area contributed by atoms with E-state index in [0.29, 0.717) is 0 Å². The number of amides is 4. The van der Waals surface area contributed by atoms with E-state index in [1.54, 1.807) is 0 Å². The lowest BCUT2D eigenvalue weighted by molar-refractivity contribution is -0.150. The topological polar surface area (TPSA) is 95.6 Å². The van der Waals surface area contributed by atoms with E-state index in [1.807, 2.05) is 0 Å². The smallest absolute Gasteiger partial charge is 0.249 e. The summed E-state index contributed by atoms with van der Waals surface area (Å²) in [7, 11) is 0. The van der Waals surface area contributed by atoms with Crippen molar-refractivity contribution in [3.63, 3.8) is 0 Å². The number of imide groups is 2.